The van der Waals surface area contributed by atoms with Crippen LogP contribution in [-0.2, 0) is 9.84 Å². The third-order valence-electron chi connectivity index (χ3n) is 5.73. The molecule has 0 radical (unpaired) electrons. The van der Waals surface area contributed by atoms with Gasteiger partial charge in [0.25, 0.3) is 5.69 Å². The number of hydrogen-bond acceptors (Lipinski definition) is 10. The summed E-state index contributed by atoms with van der Waals surface area (Å²) >= 11 is 0. The van der Waals surface area contributed by atoms with Crippen LogP contribution in [-0.4, -0.2) is 47.4 Å². The van der Waals surface area contributed by atoms with Gasteiger partial charge >= 0.3 is 23.9 Å². The fourth-order valence-corrected chi connectivity index (χ4v) is 4.94. The second-order valence-electron chi connectivity index (χ2n) is 8.37. The quantitative estimate of drug-likeness (QED) is 0.121. The molecular weight excluding hydrogens is 574 g/mol. The highest BCUT2D eigenvalue weighted by Crippen LogP contribution is 2.27. The molecule has 0 spiro atoms. The fourth-order valence-electron chi connectivity index (χ4n) is 3.68. The second kappa shape index (κ2) is 11.7. The van der Waals surface area contributed by atoms with E-state index in [0.29, 0.717) is 0 Å². The van der Waals surface area contributed by atoms with Crippen molar-refractivity contribution in [2.45, 2.75) is 9.79 Å². The number of nitrogens with zero attached hydrogens (tertiary/aromatic N) is 1. The van der Waals surface area contributed by atoms with Crippen molar-refractivity contribution in [1.29, 1.82) is 0 Å². The van der Waals surface area contributed by atoms with Crippen molar-refractivity contribution in [2.24, 2.45) is 0 Å². The largest absolute Gasteiger partial charge is 0.478 e. The zero-order valence-electron chi connectivity index (χ0n) is 21.0. The molecule has 4 rings (SSSR count). The van der Waals surface area contributed by atoms with Crippen LogP contribution in [0.5, 0.6) is 11.5 Å². The van der Waals surface area contributed by atoms with Crippen LogP contribution in [0.15, 0.2) is 101 Å². The Hall–Kier alpha value is -5.89. The first kappa shape index (κ1) is 29.1. The molecule has 0 aliphatic carbocycles. The maximum Gasteiger partial charge on any atom is 0.344 e. The maximum atomic E-state index is 13.1. The SMILES string of the molecule is O=C(O)c1ccccc1C(=O)Oc1ccc(S(=O)(=O)c2ccc(OC(=O)c3cc([N+](=O)[O-])ccc3C(=O)O)cc2)cc1. The fraction of sp³-hybridized carbons (Fsp3) is 0. The minimum Gasteiger partial charge on any atom is -0.478 e. The highest BCUT2D eigenvalue weighted by Gasteiger charge is 2.24. The average molecular weight is 592 g/mol. The van der Waals surface area contributed by atoms with E-state index >= 15 is 0 Å². The number of hydrogen-bond donors (Lipinski definition) is 2. The van der Waals surface area contributed by atoms with Crippen LogP contribution < -0.4 is 9.47 Å². The van der Waals surface area contributed by atoms with Crippen LogP contribution in [0.4, 0.5) is 5.69 Å². The molecule has 212 valence electrons. The number of carbonyl (C=O) groups excluding carboxylic acids is 2. The Kier molecular flexibility index (Phi) is 8.10. The summed E-state index contributed by atoms with van der Waals surface area (Å²) in [6, 6.07) is 17.3. The molecule has 0 heterocycles. The molecule has 2 N–H and O–H groups in total. The highest BCUT2D eigenvalue weighted by molar-refractivity contribution is 7.91. The predicted molar refractivity (Wildman–Crippen MR) is 142 cm³/mol. The number of carbonyl (C=O) groups is 4. The molecule has 0 aliphatic rings. The summed E-state index contributed by atoms with van der Waals surface area (Å²) in [6.45, 7) is 0. The lowest BCUT2D eigenvalue weighted by atomic mass is 10.1. The Morgan fingerprint density at radius 3 is 1.50 bits per heavy atom. The first-order chi connectivity index (χ1) is 19.9. The number of non-ortho nitro benzene ring substituents is 1. The number of nitro benzene ring substituents is 1. The van der Waals surface area contributed by atoms with Crippen molar-refractivity contribution in [2.75, 3.05) is 0 Å². The lowest BCUT2D eigenvalue weighted by molar-refractivity contribution is -0.384. The number of carboxylic acid groups (broad SMARTS) is 2. The molecule has 0 saturated carbocycles. The van der Waals surface area contributed by atoms with Crippen molar-refractivity contribution in [1.82, 2.24) is 0 Å². The van der Waals surface area contributed by atoms with E-state index < -0.39 is 55.5 Å². The van der Waals surface area contributed by atoms with Gasteiger partial charge < -0.3 is 19.7 Å². The van der Waals surface area contributed by atoms with Crippen LogP contribution >= 0.6 is 0 Å². The number of esters is 2. The average Bonchev–Trinajstić information content (AvgIpc) is 2.97. The van der Waals surface area contributed by atoms with Gasteiger partial charge in [-0.15, -0.1) is 0 Å². The number of benzene rings is 4. The summed E-state index contributed by atoms with van der Waals surface area (Å²) in [7, 11) is -4.10. The topological polar surface area (TPSA) is 204 Å². The lowest BCUT2D eigenvalue weighted by Gasteiger charge is -2.10. The molecule has 14 heteroatoms. The third kappa shape index (κ3) is 6.13. The number of sulfone groups is 1. The zero-order chi connectivity index (χ0) is 30.6. The van der Waals surface area contributed by atoms with E-state index in [9.17, 15) is 47.9 Å². The Balaban J connectivity index is 1.49. The summed E-state index contributed by atoms with van der Waals surface area (Å²) in [5, 5.41) is 29.6. The Morgan fingerprint density at radius 1 is 0.619 bits per heavy atom. The highest BCUT2D eigenvalue weighted by atomic mass is 32.2. The van der Waals surface area contributed by atoms with Gasteiger partial charge in [-0.25, -0.2) is 27.6 Å². The number of aromatic carboxylic acids is 2. The summed E-state index contributed by atoms with van der Waals surface area (Å²) in [5.41, 5.74) is -2.07. The van der Waals surface area contributed by atoms with Crippen LogP contribution in [0.2, 0.25) is 0 Å². The van der Waals surface area contributed by atoms with Crippen molar-refractivity contribution >= 4 is 39.4 Å². The molecule has 0 fully saturated rings. The van der Waals surface area contributed by atoms with Gasteiger partial charge in [-0.05, 0) is 66.7 Å². The van der Waals surface area contributed by atoms with Crippen LogP contribution in [0.25, 0.3) is 0 Å². The van der Waals surface area contributed by atoms with Gasteiger partial charge in [-0.2, -0.15) is 0 Å². The van der Waals surface area contributed by atoms with Gasteiger partial charge in [-0.3, -0.25) is 10.1 Å². The number of ether oxygens (including phenoxy) is 2. The van der Waals surface area contributed by atoms with Crippen molar-refractivity contribution in [3.63, 3.8) is 0 Å². The number of carboxylic acids is 2. The summed E-state index contributed by atoms with van der Waals surface area (Å²) in [4.78, 5) is 57.6. The second-order valence-corrected chi connectivity index (χ2v) is 10.3. The molecule has 42 heavy (non-hydrogen) atoms. The number of nitro groups is 1. The van der Waals surface area contributed by atoms with E-state index in [1.807, 2.05) is 0 Å². The number of rotatable bonds is 9. The molecule has 0 unspecified atom stereocenters. The van der Waals surface area contributed by atoms with Crippen molar-refractivity contribution in [3.8, 4) is 11.5 Å². The molecule has 4 aromatic rings. The molecule has 0 aromatic heterocycles. The van der Waals surface area contributed by atoms with E-state index in [1.54, 1.807) is 0 Å². The molecular formula is C28H17NO12S. The van der Waals surface area contributed by atoms with Gasteiger partial charge in [-0.1, -0.05) is 12.1 Å². The summed E-state index contributed by atoms with van der Waals surface area (Å²) in [5.74, 6) is -5.19. The van der Waals surface area contributed by atoms with Crippen molar-refractivity contribution < 1.29 is 52.2 Å². The third-order valence-corrected chi connectivity index (χ3v) is 7.52. The van der Waals surface area contributed by atoms with E-state index in [0.717, 1.165) is 42.5 Å². The van der Waals surface area contributed by atoms with Gasteiger partial charge in [0.1, 0.15) is 11.5 Å². The minimum atomic E-state index is -4.10. The minimum absolute atomic E-state index is 0.0386. The van der Waals surface area contributed by atoms with Gasteiger partial charge in [0, 0.05) is 12.1 Å². The lowest BCUT2D eigenvalue weighted by Crippen LogP contribution is -2.14. The van der Waals surface area contributed by atoms with Gasteiger partial charge in [0.2, 0.25) is 9.84 Å². The molecule has 0 amide bonds. The van der Waals surface area contributed by atoms with Crippen molar-refractivity contribution in [3.05, 3.63) is 123 Å². The van der Waals surface area contributed by atoms with E-state index in [-0.39, 0.29) is 32.4 Å². The molecule has 13 nitrogen and oxygen atoms in total. The van der Waals surface area contributed by atoms with Crippen LogP contribution in [0.3, 0.4) is 0 Å². The Labute approximate surface area is 236 Å². The molecule has 0 saturated heterocycles. The zero-order valence-corrected chi connectivity index (χ0v) is 21.8. The monoisotopic (exact) mass is 591 g/mol. The van der Waals surface area contributed by atoms with Gasteiger partial charge in [0.15, 0.2) is 0 Å². The standard InChI is InChI=1S/C28H17NO12S/c30-25(31)21-3-1-2-4-23(21)27(34)40-17-6-10-19(11-7-17)42(38,39)20-12-8-18(9-13-20)41-28(35)24-15-16(29(36)37)5-14-22(24)26(32)33/h1-15H,(H,30,31)(H,32,33). The smallest absolute Gasteiger partial charge is 0.344 e. The first-order valence-corrected chi connectivity index (χ1v) is 13.1. The molecule has 0 aliphatic heterocycles. The van der Waals surface area contributed by atoms with E-state index in [4.69, 9.17) is 9.47 Å². The van der Waals surface area contributed by atoms with E-state index in [1.165, 1.54) is 48.5 Å². The Morgan fingerprint density at radius 2 is 1.05 bits per heavy atom. The van der Waals surface area contributed by atoms with Gasteiger partial charge in [0.05, 0.1) is 37.0 Å². The molecule has 4 aromatic carbocycles. The summed E-state index contributed by atoms with van der Waals surface area (Å²) < 4.78 is 36.4. The molecule has 0 atom stereocenters. The van der Waals surface area contributed by atoms with Crippen LogP contribution in [0, 0.1) is 10.1 Å². The maximum absolute atomic E-state index is 13.1. The molecule has 0 bridgehead atoms. The normalized spacial score (nSPS) is 10.9. The van der Waals surface area contributed by atoms with E-state index in [2.05, 4.69) is 0 Å². The summed E-state index contributed by atoms with van der Waals surface area (Å²) in [6.07, 6.45) is 0. The first-order valence-electron chi connectivity index (χ1n) is 11.6. The Bertz CT molecular complexity index is 1850. The van der Waals surface area contributed by atoms with Crippen LogP contribution in [0.1, 0.15) is 41.4 Å². The predicted octanol–water partition coefficient (Wildman–Crippen LogP) is 4.26.